The van der Waals surface area contributed by atoms with Crippen molar-refractivity contribution in [2.45, 2.75) is 25.3 Å². The van der Waals surface area contributed by atoms with Crippen LogP contribution in [-0.2, 0) is 9.47 Å². The van der Waals surface area contributed by atoms with E-state index in [2.05, 4.69) is 0 Å². The number of aryl methyl sites for hydroxylation is 1. The highest BCUT2D eigenvalue weighted by Crippen LogP contribution is 2.36. The van der Waals surface area contributed by atoms with Gasteiger partial charge in [-0.05, 0) is 12.5 Å². The van der Waals surface area contributed by atoms with Gasteiger partial charge in [-0.25, -0.2) is 0 Å². The van der Waals surface area contributed by atoms with E-state index in [1.54, 1.807) is 12.1 Å². The maximum Gasteiger partial charge on any atom is 0.418 e. The summed E-state index contributed by atoms with van der Waals surface area (Å²) in [6, 6.07) is 6.18. The lowest BCUT2D eigenvalue weighted by Gasteiger charge is -2.21. The molecule has 1 aliphatic rings. The fourth-order valence-electron chi connectivity index (χ4n) is 1.49. The lowest BCUT2D eigenvalue weighted by Crippen LogP contribution is -2.25. The smallest absolute Gasteiger partial charge is 0.371 e. The third kappa shape index (κ3) is 3.44. The molecule has 1 aromatic carbocycles. The molecule has 0 spiro atoms. The third-order valence-electron chi connectivity index (χ3n) is 2.53. The zero-order chi connectivity index (χ0) is 12.5. The summed E-state index contributed by atoms with van der Waals surface area (Å²) in [6.45, 7) is 2.29. The number of benzene rings is 1. The Morgan fingerprint density at radius 1 is 1.35 bits per heavy atom. The molecule has 2 nitrogen and oxygen atoms in total. The number of rotatable bonds is 4. The monoisotopic (exact) mass is 246 g/mol. The van der Waals surface area contributed by atoms with Crippen molar-refractivity contribution < 1.29 is 22.6 Å². The molecule has 0 saturated carbocycles. The predicted molar refractivity (Wildman–Crippen MR) is 55.7 cm³/mol. The Balaban J connectivity index is 2.10. The van der Waals surface area contributed by atoms with Crippen LogP contribution in [0.1, 0.15) is 17.2 Å². The van der Waals surface area contributed by atoms with Crippen LogP contribution in [0.25, 0.3) is 0 Å². The first kappa shape index (κ1) is 12.4. The van der Waals surface area contributed by atoms with Gasteiger partial charge in [-0.2, -0.15) is 13.2 Å². The summed E-state index contributed by atoms with van der Waals surface area (Å²) in [7, 11) is 0. The van der Waals surface area contributed by atoms with Gasteiger partial charge in [-0.3, -0.25) is 0 Å². The molecule has 2 atom stereocenters. The van der Waals surface area contributed by atoms with E-state index in [0.717, 1.165) is 5.56 Å². The minimum absolute atomic E-state index is 0.0158. The van der Waals surface area contributed by atoms with Gasteiger partial charge in [0.25, 0.3) is 0 Å². The summed E-state index contributed by atoms with van der Waals surface area (Å²) in [5.74, 6) is 0. The summed E-state index contributed by atoms with van der Waals surface area (Å²) < 4.78 is 48.2. The molecular weight excluding hydrogens is 233 g/mol. The maximum atomic E-state index is 12.8. The van der Waals surface area contributed by atoms with E-state index in [-0.39, 0.29) is 18.3 Å². The topological polar surface area (TPSA) is 21.8 Å². The van der Waals surface area contributed by atoms with Gasteiger partial charge < -0.3 is 9.47 Å². The Hall–Kier alpha value is -1.07. The standard InChI is InChI=1S/C12H13F3O2/c1-8-2-4-9(5-3-8)11(12(13,14)15)17-7-10-6-16-10/h2-5,10-11H,6-7H2,1H3/t10-,11-/m0/s1. The van der Waals surface area contributed by atoms with Crippen LogP contribution in [0.15, 0.2) is 24.3 Å². The van der Waals surface area contributed by atoms with E-state index in [1.165, 1.54) is 12.1 Å². The molecule has 0 N–H and O–H groups in total. The van der Waals surface area contributed by atoms with Crippen molar-refractivity contribution in [1.29, 1.82) is 0 Å². The van der Waals surface area contributed by atoms with E-state index in [4.69, 9.17) is 9.47 Å². The second-order valence-electron chi connectivity index (χ2n) is 4.12. The summed E-state index contributed by atoms with van der Waals surface area (Å²) in [4.78, 5) is 0. The normalized spacial score (nSPS) is 21.3. The Bertz CT molecular complexity index is 368. The summed E-state index contributed by atoms with van der Waals surface area (Å²) >= 11 is 0. The highest BCUT2D eigenvalue weighted by atomic mass is 19.4. The molecule has 0 aromatic heterocycles. The first-order valence-corrected chi connectivity index (χ1v) is 5.33. The molecule has 94 valence electrons. The minimum atomic E-state index is -4.40. The molecule has 5 heteroatoms. The Labute approximate surface area is 97.3 Å². The predicted octanol–water partition coefficient (Wildman–Crippen LogP) is 3.01. The molecular formula is C12H13F3O2. The second kappa shape index (κ2) is 4.66. The molecule has 0 amide bonds. The van der Waals surface area contributed by atoms with Crippen LogP contribution in [-0.4, -0.2) is 25.5 Å². The lowest BCUT2D eigenvalue weighted by molar-refractivity contribution is -0.224. The Morgan fingerprint density at radius 2 is 1.94 bits per heavy atom. The summed E-state index contributed by atoms with van der Waals surface area (Å²) in [5, 5.41) is 0. The Kier molecular flexibility index (Phi) is 3.40. The third-order valence-corrected chi connectivity index (χ3v) is 2.53. The van der Waals surface area contributed by atoms with E-state index in [9.17, 15) is 13.2 Å². The molecule has 0 aliphatic carbocycles. The summed E-state index contributed by atoms with van der Waals surface area (Å²) in [6.07, 6.45) is -6.44. The van der Waals surface area contributed by atoms with Crippen molar-refractivity contribution in [2.24, 2.45) is 0 Å². The fraction of sp³-hybridized carbons (Fsp3) is 0.500. The molecule has 1 saturated heterocycles. The van der Waals surface area contributed by atoms with Crippen molar-refractivity contribution in [3.05, 3.63) is 35.4 Å². The first-order valence-electron chi connectivity index (χ1n) is 5.33. The van der Waals surface area contributed by atoms with Crippen LogP contribution in [0.3, 0.4) is 0 Å². The van der Waals surface area contributed by atoms with Crippen molar-refractivity contribution in [3.63, 3.8) is 0 Å². The minimum Gasteiger partial charge on any atom is -0.371 e. The molecule has 1 aliphatic heterocycles. The first-order chi connectivity index (χ1) is 7.97. The molecule has 1 fully saturated rings. The van der Waals surface area contributed by atoms with Crippen molar-refractivity contribution in [1.82, 2.24) is 0 Å². The highest BCUT2D eigenvalue weighted by Gasteiger charge is 2.42. The van der Waals surface area contributed by atoms with E-state index in [0.29, 0.717) is 6.61 Å². The van der Waals surface area contributed by atoms with Gasteiger partial charge in [0.05, 0.1) is 13.2 Å². The number of halogens is 3. The molecule has 1 heterocycles. The van der Waals surface area contributed by atoms with E-state index in [1.807, 2.05) is 6.92 Å². The van der Waals surface area contributed by atoms with Gasteiger partial charge in [0, 0.05) is 0 Å². The molecule has 2 rings (SSSR count). The average molecular weight is 246 g/mol. The van der Waals surface area contributed by atoms with Gasteiger partial charge in [-0.1, -0.05) is 29.8 Å². The number of hydrogen-bond acceptors (Lipinski definition) is 2. The quantitative estimate of drug-likeness (QED) is 0.762. The van der Waals surface area contributed by atoms with Crippen molar-refractivity contribution >= 4 is 0 Å². The van der Waals surface area contributed by atoms with Gasteiger partial charge in [0.1, 0.15) is 6.10 Å². The highest BCUT2D eigenvalue weighted by molar-refractivity contribution is 5.24. The molecule has 0 unspecified atom stereocenters. The van der Waals surface area contributed by atoms with E-state index < -0.39 is 12.3 Å². The molecule has 17 heavy (non-hydrogen) atoms. The van der Waals surface area contributed by atoms with Gasteiger partial charge in [0.2, 0.25) is 0 Å². The average Bonchev–Trinajstić information content (AvgIpc) is 3.03. The number of alkyl halides is 3. The van der Waals surface area contributed by atoms with Crippen LogP contribution in [0.5, 0.6) is 0 Å². The second-order valence-corrected chi connectivity index (χ2v) is 4.12. The van der Waals surface area contributed by atoms with Gasteiger partial charge in [-0.15, -0.1) is 0 Å². The lowest BCUT2D eigenvalue weighted by atomic mass is 10.1. The summed E-state index contributed by atoms with van der Waals surface area (Å²) in [5.41, 5.74) is 1.05. The van der Waals surface area contributed by atoms with Crippen LogP contribution >= 0.6 is 0 Å². The van der Waals surface area contributed by atoms with Gasteiger partial charge in [0.15, 0.2) is 6.10 Å². The van der Waals surface area contributed by atoms with Crippen molar-refractivity contribution in [3.8, 4) is 0 Å². The fourth-order valence-corrected chi connectivity index (χ4v) is 1.49. The molecule has 1 aromatic rings. The van der Waals surface area contributed by atoms with Crippen LogP contribution in [0, 0.1) is 6.92 Å². The van der Waals surface area contributed by atoms with E-state index >= 15 is 0 Å². The maximum absolute atomic E-state index is 12.8. The van der Waals surface area contributed by atoms with Gasteiger partial charge >= 0.3 is 6.18 Å². The number of ether oxygens (including phenoxy) is 2. The zero-order valence-electron chi connectivity index (χ0n) is 9.33. The molecule has 0 radical (unpaired) electrons. The molecule has 0 bridgehead atoms. The Morgan fingerprint density at radius 3 is 2.41 bits per heavy atom. The SMILES string of the molecule is Cc1ccc([C@H](OC[C@@H]2CO2)C(F)(F)F)cc1. The number of epoxide rings is 1. The number of hydrogen-bond donors (Lipinski definition) is 0. The van der Waals surface area contributed by atoms with Crippen LogP contribution in [0.4, 0.5) is 13.2 Å². The van der Waals surface area contributed by atoms with Crippen LogP contribution in [0.2, 0.25) is 0 Å². The van der Waals surface area contributed by atoms with Crippen molar-refractivity contribution in [2.75, 3.05) is 13.2 Å². The largest absolute Gasteiger partial charge is 0.418 e. The van der Waals surface area contributed by atoms with Crippen LogP contribution < -0.4 is 0 Å². The zero-order valence-corrected chi connectivity index (χ0v) is 9.33.